The summed E-state index contributed by atoms with van der Waals surface area (Å²) in [5.41, 5.74) is 1.05. The van der Waals surface area contributed by atoms with Gasteiger partial charge in [0, 0.05) is 0 Å². The standard InChI is InChI=1S/C18H15N5O3S/c1-26-14-6-8-15(9-7-14)27(24,25)23-18-11-10-17(21-22-18)20-16-5-3-2-4-13(16)12-19/h2-11H,1H3,(H,20,21)(H,22,23). The number of rotatable bonds is 6. The third kappa shape index (κ3) is 4.31. The van der Waals surface area contributed by atoms with Crippen molar-refractivity contribution in [1.29, 1.82) is 5.26 Å². The molecule has 0 saturated carbocycles. The number of nitriles is 1. The maximum atomic E-state index is 12.4. The van der Waals surface area contributed by atoms with Crippen LogP contribution in [0.3, 0.4) is 0 Å². The Labute approximate surface area is 156 Å². The van der Waals surface area contributed by atoms with Crippen molar-refractivity contribution in [3.8, 4) is 11.8 Å². The summed E-state index contributed by atoms with van der Waals surface area (Å²) >= 11 is 0. The van der Waals surface area contributed by atoms with Crippen molar-refractivity contribution in [3.63, 3.8) is 0 Å². The molecule has 0 saturated heterocycles. The SMILES string of the molecule is COc1ccc(S(=O)(=O)Nc2ccc(Nc3ccccc3C#N)nn2)cc1. The zero-order chi connectivity index (χ0) is 19.3. The van der Waals surface area contributed by atoms with Gasteiger partial charge in [0.05, 0.1) is 23.3 Å². The van der Waals surface area contributed by atoms with Crippen molar-refractivity contribution in [3.05, 3.63) is 66.2 Å². The van der Waals surface area contributed by atoms with Gasteiger partial charge in [0.25, 0.3) is 10.0 Å². The van der Waals surface area contributed by atoms with Gasteiger partial charge in [0.15, 0.2) is 11.6 Å². The fraction of sp³-hybridized carbons (Fsp3) is 0.0556. The number of benzene rings is 2. The molecule has 0 radical (unpaired) electrons. The molecule has 136 valence electrons. The number of sulfonamides is 1. The molecular weight excluding hydrogens is 366 g/mol. The average molecular weight is 381 g/mol. The zero-order valence-electron chi connectivity index (χ0n) is 14.2. The minimum atomic E-state index is -3.79. The van der Waals surface area contributed by atoms with Gasteiger partial charge in [-0.1, -0.05) is 12.1 Å². The number of hydrogen-bond donors (Lipinski definition) is 2. The van der Waals surface area contributed by atoms with E-state index in [9.17, 15) is 8.42 Å². The molecule has 2 N–H and O–H groups in total. The van der Waals surface area contributed by atoms with E-state index in [0.29, 0.717) is 22.8 Å². The van der Waals surface area contributed by atoms with Gasteiger partial charge in [-0.2, -0.15) is 5.26 Å². The number of aromatic nitrogens is 2. The molecule has 1 heterocycles. The molecule has 1 aromatic heterocycles. The van der Waals surface area contributed by atoms with E-state index < -0.39 is 10.0 Å². The molecule has 2 aromatic carbocycles. The summed E-state index contributed by atoms with van der Waals surface area (Å²) in [7, 11) is -2.29. The molecule has 0 atom stereocenters. The van der Waals surface area contributed by atoms with E-state index >= 15 is 0 Å². The van der Waals surface area contributed by atoms with E-state index in [-0.39, 0.29) is 10.7 Å². The number of anilines is 3. The predicted octanol–water partition coefficient (Wildman–Crippen LogP) is 2.90. The van der Waals surface area contributed by atoms with Crippen LogP contribution in [-0.4, -0.2) is 25.7 Å². The van der Waals surface area contributed by atoms with E-state index in [1.807, 2.05) is 0 Å². The normalized spacial score (nSPS) is 10.7. The van der Waals surface area contributed by atoms with Crippen molar-refractivity contribution in [1.82, 2.24) is 10.2 Å². The Balaban J connectivity index is 1.74. The van der Waals surface area contributed by atoms with Gasteiger partial charge < -0.3 is 10.1 Å². The zero-order valence-corrected chi connectivity index (χ0v) is 15.1. The second-order valence-corrected chi connectivity index (χ2v) is 7.05. The first kappa shape index (κ1) is 18.2. The van der Waals surface area contributed by atoms with Crippen molar-refractivity contribution in [2.75, 3.05) is 17.1 Å². The highest BCUT2D eigenvalue weighted by atomic mass is 32.2. The first-order valence-electron chi connectivity index (χ1n) is 7.78. The summed E-state index contributed by atoms with van der Waals surface area (Å²) in [4.78, 5) is 0.0789. The van der Waals surface area contributed by atoms with Gasteiger partial charge in [-0.25, -0.2) is 8.42 Å². The molecule has 0 unspecified atom stereocenters. The summed E-state index contributed by atoms with van der Waals surface area (Å²) in [5, 5.41) is 19.9. The molecule has 9 heteroatoms. The Morgan fingerprint density at radius 2 is 1.63 bits per heavy atom. The molecule has 3 rings (SSSR count). The van der Waals surface area contributed by atoms with Crippen molar-refractivity contribution in [2.24, 2.45) is 0 Å². The minimum Gasteiger partial charge on any atom is -0.497 e. The van der Waals surface area contributed by atoms with Gasteiger partial charge >= 0.3 is 0 Å². The summed E-state index contributed by atoms with van der Waals surface area (Å²) < 4.78 is 32.2. The van der Waals surface area contributed by atoms with Crippen LogP contribution in [0.2, 0.25) is 0 Å². The molecule has 3 aromatic rings. The van der Waals surface area contributed by atoms with Crippen LogP contribution in [0.1, 0.15) is 5.56 Å². The summed E-state index contributed by atoms with van der Waals surface area (Å²) in [5.74, 6) is 1.01. The van der Waals surface area contributed by atoms with Crippen LogP contribution in [0, 0.1) is 11.3 Å². The second kappa shape index (κ2) is 7.72. The summed E-state index contributed by atoms with van der Waals surface area (Å²) in [6.45, 7) is 0. The van der Waals surface area contributed by atoms with E-state index in [0.717, 1.165) is 0 Å². The topological polar surface area (TPSA) is 117 Å². The first-order valence-corrected chi connectivity index (χ1v) is 9.27. The third-order valence-corrected chi connectivity index (χ3v) is 4.95. The molecule has 0 amide bonds. The van der Waals surface area contributed by atoms with Gasteiger partial charge in [0.1, 0.15) is 11.8 Å². The fourth-order valence-electron chi connectivity index (χ4n) is 2.23. The number of nitrogens with zero attached hydrogens (tertiary/aromatic N) is 3. The predicted molar refractivity (Wildman–Crippen MR) is 100 cm³/mol. The molecular formula is C18H15N5O3S. The minimum absolute atomic E-state index is 0.0740. The highest BCUT2D eigenvalue weighted by Crippen LogP contribution is 2.20. The van der Waals surface area contributed by atoms with E-state index in [1.54, 1.807) is 42.5 Å². The Kier molecular flexibility index (Phi) is 5.19. The van der Waals surface area contributed by atoms with Crippen molar-refractivity contribution in [2.45, 2.75) is 4.90 Å². The van der Waals surface area contributed by atoms with Crippen LogP contribution < -0.4 is 14.8 Å². The van der Waals surface area contributed by atoms with Crippen LogP contribution in [0.25, 0.3) is 0 Å². The average Bonchev–Trinajstić information content (AvgIpc) is 2.70. The maximum Gasteiger partial charge on any atom is 0.263 e. The Bertz CT molecular complexity index is 1080. The fourth-order valence-corrected chi connectivity index (χ4v) is 3.23. The Hall–Kier alpha value is -3.64. The molecule has 27 heavy (non-hydrogen) atoms. The highest BCUT2D eigenvalue weighted by Gasteiger charge is 2.15. The van der Waals surface area contributed by atoms with Crippen molar-refractivity contribution >= 4 is 27.3 Å². The number of ether oxygens (including phenoxy) is 1. The Morgan fingerprint density at radius 3 is 2.26 bits per heavy atom. The molecule has 0 bridgehead atoms. The molecule has 0 aliphatic carbocycles. The van der Waals surface area contributed by atoms with E-state index in [1.165, 1.54) is 25.3 Å². The van der Waals surface area contributed by atoms with E-state index in [4.69, 9.17) is 10.00 Å². The lowest BCUT2D eigenvalue weighted by atomic mass is 10.2. The number of methoxy groups -OCH3 is 1. The van der Waals surface area contributed by atoms with Crippen molar-refractivity contribution < 1.29 is 13.2 Å². The lowest BCUT2D eigenvalue weighted by Crippen LogP contribution is -2.14. The number of para-hydroxylation sites is 1. The molecule has 0 spiro atoms. The largest absolute Gasteiger partial charge is 0.497 e. The summed E-state index contributed by atoms with van der Waals surface area (Å²) in [6, 6.07) is 18.0. The maximum absolute atomic E-state index is 12.4. The summed E-state index contributed by atoms with van der Waals surface area (Å²) in [6.07, 6.45) is 0. The lowest BCUT2D eigenvalue weighted by Gasteiger charge is -2.09. The quantitative estimate of drug-likeness (QED) is 0.674. The van der Waals surface area contributed by atoms with Crippen LogP contribution in [0.15, 0.2) is 65.6 Å². The Morgan fingerprint density at radius 1 is 0.963 bits per heavy atom. The number of nitrogens with one attached hydrogen (secondary N) is 2. The monoisotopic (exact) mass is 381 g/mol. The lowest BCUT2D eigenvalue weighted by molar-refractivity contribution is 0.414. The number of hydrogen-bond acceptors (Lipinski definition) is 7. The molecule has 0 aliphatic heterocycles. The van der Waals surface area contributed by atoms with E-state index in [2.05, 4.69) is 26.3 Å². The molecule has 8 nitrogen and oxygen atoms in total. The molecule has 0 aliphatic rings. The smallest absolute Gasteiger partial charge is 0.263 e. The van der Waals surface area contributed by atoms with Crippen LogP contribution in [-0.2, 0) is 10.0 Å². The van der Waals surface area contributed by atoms with Crippen LogP contribution in [0.5, 0.6) is 5.75 Å². The highest BCUT2D eigenvalue weighted by molar-refractivity contribution is 7.92. The van der Waals surface area contributed by atoms with Crippen LogP contribution in [0.4, 0.5) is 17.3 Å². The first-order chi connectivity index (χ1) is 13.0. The third-order valence-electron chi connectivity index (χ3n) is 3.58. The van der Waals surface area contributed by atoms with Gasteiger partial charge in [-0.3, -0.25) is 4.72 Å². The van der Waals surface area contributed by atoms with Gasteiger partial charge in [-0.15, -0.1) is 10.2 Å². The van der Waals surface area contributed by atoms with Gasteiger partial charge in [0.2, 0.25) is 0 Å². The van der Waals surface area contributed by atoms with Gasteiger partial charge in [-0.05, 0) is 48.5 Å². The second-order valence-electron chi connectivity index (χ2n) is 5.37. The molecule has 0 fully saturated rings. The van der Waals surface area contributed by atoms with Crippen LogP contribution >= 0.6 is 0 Å².